The van der Waals surface area contributed by atoms with Crippen LogP contribution >= 0.6 is 0 Å². The second kappa shape index (κ2) is 6.18. The summed E-state index contributed by atoms with van der Waals surface area (Å²) < 4.78 is 26.0. The van der Waals surface area contributed by atoms with Crippen molar-refractivity contribution in [3.63, 3.8) is 0 Å². The van der Waals surface area contributed by atoms with Gasteiger partial charge in [-0.2, -0.15) is 0 Å². The second-order valence-corrected chi connectivity index (χ2v) is 3.91. The van der Waals surface area contributed by atoms with Crippen molar-refractivity contribution in [1.82, 2.24) is 5.32 Å². The number of rotatable bonds is 4. The van der Waals surface area contributed by atoms with Crippen molar-refractivity contribution in [3.05, 3.63) is 29.8 Å². The molecule has 17 heavy (non-hydrogen) atoms. The number of carbonyl (C=O) groups excluding carboxylic acids is 1. The lowest BCUT2D eigenvalue weighted by molar-refractivity contribution is 0.248. The monoisotopic (exact) mass is 242 g/mol. The Labute approximate surface area is 99.2 Å². The third-order valence-electron chi connectivity index (χ3n) is 2.28. The van der Waals surface area contributed by atoms with Gasteiger partial charge in [-0.1, -0.05) is 13.3 Å². The molecule has 0 heterocycles. The molecule has 0 radical (unpaired) electrons. The Hall–Kier alpha value is -1.65. The Kier molecular flexibility index (Phi) is 4.87. The molecule has 1 aromatic rings. The first-order valence-electron chi connectivity index (χ1n) is 5.55. The molecule has 0 bridgehead atoms. The van der Waals surface area contributed by atoms with Crippen LogP contribution in [0.1, 0.15) is 26.7 Å². The molecule has 1 atom stereocenters. The van der Waals surface area contributed by atoms with E-state index < -0.39 is 17.7 Å². The average Bonchev–Trinajstić information content (AvgIpc) is 2.23. The summed E-state index contributed by atoms with van der Waals surface area (Å²) in [5.41, 5.74) is -0.161. The van der Waals surface area contributed by atoms with Crippen LogP contribution in [0.25, 0.3) is 0 Å². The zero-order valence-electron chi connectivity index (χ0n) is 9.89. The SMILES string of the molecule is CCCC(C)NC(=O)Nc1cc(F)ccc1F. The maximum absolute atomic E-state index is 13.2. The molecule has 0 spiro atoms. The van der Waals surface area contributed by atoms with Crippen LogP contribution in [-0.4, -0.2) is 12.1 Å². The van der Waals surface area contributed by atoms with E-state index in [1.807, 2.05) is 13.8 Å². The van der Waals surface area contributed by atoms with Crippen LogP contribution in [0, 0.1) is 11.6 Å². The van der Waals surface area contributed by atoms with Gasteiger partial charge >= 0.3 is 6.03 Å². The average molecular weight is 242 g/mol. The molecular formula is C12H16F2N2O. The van der Waals surface area contributed by atoms with E-state index in [-0.39, 0.29) is 11.7 Å². The standard InChI is InChI=1S/C12H16F2N2O/c1-3-4-8(2)15-12(17)16-11-7-9(13)5-6-10(11)14/h5-8H,3-4H2,1-2H3,(H2,15,16,17). The summed E-state index contributed by atoms with van der Waals surface area (Å²) in [6.45, 7) is 3.85. The number of benzene rings is 1. The molecule has 1 aromatic carbocycles. The molecule has 0 aliphatic heterocycles. The van der Waals surface area contributed by atoms with E-state index in [1.165, 1.54) is 0 Å². The number of carbonyl (C=O) groups is 1. The van der Waals surface area contributed by atoms with E-state index >= 15 is 0 Å². The Morgan fingerprint density at radius 3 is 2.76 bits per heavy atom. The summed E-state index contributed by atoms with van der Waals surface area (Å²) >= 11 is 0. The largest absolute Gasteiger partial charge is 0.335 e. The molecule has 1 unspecified atom stereocenters. The van der Waals surface area contributed by atoms with Crippen molar-refractivity contribution >= 4 is 11.7 Å². The Morgan fingerprint density at radius 2 is 2.12 bits per heavy atom. The van der Waals surface area contributed by atoms with Gasteiger partial charge in [0, 0.05) is 12.1 Å². The van der Waals surface area contributed by atoms with E-state index in [9.17, 15) is 13.6 Å². The lowest BCUT2D eigenvalue weighted by Crippen LogP contribution is -2.36. The molecule has 94 valence electrons. The molecular weight excluding hydrogens is 226 g/mol. The Balaban J connectivity index is 2.58. The molecule has 2 amide bonds. The fourth-order valence-corrected chi connectivity index (χ4v) is 1.48. The van der Waals surface area contributed by atoms with E-state index in [1.54, 1.807) is 0 Å². The predicted octanol–water partition coefficient (Wildman–Crippen LogP) is 3.27. The third kappa shape index (κ3) is 4.38. The number of halogens is 2. The van der Waals surface area contributed by atoms with Crippen molar-refractivity contribution < 1.29 is 13.6 Å². The van der Waals surface area contributed by atoms with Gasteiger partial charge in [0.1, 0.15) is 11.6 Å². The minimum Gasteiger partial charge on any atom is -0.335 e. The summed E-state index contributed by atoms with van der Waals surface area (Å²) in [4.78, 5) is 11.4. The van der Waals surface area contributed by atoms with Crippen LogP contribution in [0.3, 0.4) is 0 Å². The highest BCUT2D eigenvalue weighted by Gasteiger charge is 2.09. The normalized spacial score (nSPS) is 12.0. The summed E-state index contributed by atoms with van der Waals surface area (Å²) in [7, 11) is 0. The van der Waals surface area contributed by atoms with Gasteiger partial charge in [0.25, 0.3) is 0 Å². The molecule has 0 aliphatic carbocycles. The maximum atomic E-state index is 13.2. The van der Waals surface area contributed by atoms with E-state index in [2.05, 4.69) is 10.6 Å². The van der Waals surface area contributed by atoms with Gasteiger partial charge in [-0.05, 0) is 25.5 Å². The highest BCUT2D eigenvalue weighted by Crippen LogP contribution is 2.14. The summed E-state index contributed by atoms with van der Waals surface area (Å²) in [6.07, 6.45) is 1.77. The van der Waals surface area contributed by atoms with E-state index in [0.717, 1.165) is 31.0 Å². The molecule has 0 fully saturated rings. The van der Waals surface area contributed by atoms with Gasteiger partial charge in [0.15, 0.2) is 0 Å². The number of anilines is 1. The summed E-state index contributed by atoms with van der Waals surface area (Å²) in [6, 6.07) is 2.38. The van der Waals surface area contributed by atoms with Crippen LogP contribution < -0.4 is 10.6 Å². The smallest absolute Gasteiger partial charge is 0.319 e. The molecule has 3 nitrogen and oxygen atoms in total. The van der Waals surface area contributed by atoms with Crippen LogP contribution in [0.2, 0.25) is 0 Å². The van der Waals surface area contributed by atoms with Crippen LogP contribution in [0.5, 0.6) is 0 Å². The van der Waals surface area contributed by atoms with Crippen molar-refractivity contribution in [2.75, 3.05) is 5.32 Å². The van der Waals surface area contributed by atoms with Gasteiger partial charge in [-0.15, -0.1) is 0 Å². The maximum Gasteiger partial charge on any atom is 0.319 e. The molecule has 5 heteroatoms. The minimum atomic E-state index is -0.662. The first-order valence-corrected chi connectivity index (χ1v) is 5.55. The molecule has 1 rings (SSSR count). The topological polar surface area (TPSA) is 41.1 Å². The fraction of sp³-hybridized carbons (Fsp3) is 0.417. The number of urea groups is 1. The molecule has 0 aromatic heterocycles. The van der Waals surface area contributed by atoms with Gasteiger partial charge in [0.05, 0.1) is 5.69 Å². The number of nitrogens with one attached hydrogen (secondary N) is 2. The quantitative estimate of drug-likeness (QED) is 0.835. The molecule has 0 saturated heterocycles. The number of amides is 2. The Morgan fingerprint density at radius 1 is 1.41 bits per heavy atom. The first kappa shape index (κ1) is 13.4. The second-order valence-electron chi connectivity index (χ2n) is 3.91. The van der Waals surface area contributed by atoms with Crippen molar-refractivity contribution in [2.45, 2.75) is 32.7 Å². The minimum absolute atomic E-state index is 0.00313. The highest BCUT2D eigenvalue weighted by molar-refractivity contribution is 5.89. The van der Waals surface area contributed by atoms with Crippen molar-refractivity contribution in [3.8, 4) is 0 Å². The lowest BCUT2D eigenvalue weighted by Gasteiger charge is -2.13. The first-order chi connectivity index (χ1) is 8.02. The molecule has 2 N–H and O–H groups in total. The van der Waals surface area contributed by atoms with Gasteiger partial charge < -0.3 is 10.6 Å². The van der Waals surface area contributed by atoms with Gasteiger partial charge in [-0.3, -0.25) is 0 Å². The fourth-order valence-electron chi connectivity index (χ4n) is 1.48. The van der Waals surface area contributed by atoms with E-state index in [4.69, 9.17) is 0 Å². The van der Waals surface area contributed by atoms with E-state index in [0.29, 0.717) is 0 Å². The molecule has 0 saturated carbocycles. The predicted molar refractivity (Wildman–Crippen MR) is 62.9 cm³/mol. The lowest BCUT2D eigenvalue weighted by atomic mass is 10.2. The molecule has 0 aliphatic rings. The number of hydrogen-bond acceptors (Lipinski definition) is 1. The third-order valence-corrected chi connectivity index (χ3v) is 2.28. The van der Waals surface area contributed by atoms with Crippen molar-refractivity contribution in [1.29, 1.82) is 0 Å². The summed E-state index contributed by atoms with van der Waals surface area (Å²) in [5, 5.41) is 4.91. The van der Waals surface area contributed by atoms with Crippen LogP contribution in [-0.2, 0) is 0 Å². The zero-order chi connectivity index (χ0) is 12.8. The van der Waals surface area contributed by atoms with Gasteiger partial charge in [0.2, 0.25) is 0 Å². The van der Waals surface area contributed by atoms with Crippen LogP contribution in [0.15, 0.2) is 18.2 Å². The highest BCUT2D eigenvalue weighted by atomic mass is 19.1. The van der Waals surface area contributed by atoms with Crippen LogP contribution in [0.4, 0.5) is 19.3 Å². The number of hydrogen-bond donors (Lipinski definition) is 2. The summed E-state index contributed by atoms with van der Waals surface area (Å²) in [5.74, 6) is -1.26. The Bertz CT molecular complexity index is 396. The zero-order valence-corrected chi connectivity index (χ0v) is 9.89. The van der Waals surface area contributed by atoms with Crippen molar-refractivity contribution in [2.24, 2.45) is 0 Å². The van der Waals surface area contributed by atoms with Gasteiger partial charge in [-0.25, -0.2) is 13.6 Å².